The molecule has 4 heteroatoms. The zero-order chi connectivity index (χ0) is 15.2. The molecule has 2 atom stereocenters. The van der Waals surface area contributed by atoms with Gasteiger partial charge in [-0.15, -0.1) is 6.42 Å². The van der Waals surface area contributed by atoms with E-state index in [4.69, 9.17) is 11.2 Å². The summed E-state index contributed by atoms with van der Waals surface area (Å²) in [5.74, 6) is 2.77. The molecule has 0 aromatic heterocycles. The molecule has 1 rings (SSSR count). The van der Waals surface area contributed by atoms with Crippen LogP contribution in [0, 0.1) is 12.3 Å². The van der Waals surface area contributed by atoms with E-state index in [2.05, 4.69) is 18.2 Å². The molecule has 0 radical (unpaired) electrons. The van der Waals surface area contributed by atoms with Crippen LogP contribution in [0.15, 0.2) is 0 Å². The molecule has 2 unspecified atom stereocenters. The minimum Gasteiger partial charge on any atom is -0.444 e. The van der Waals surface area contributed by atoms with Gasteiger partial charge in [0.05, 0.1) is 6.04 Å². The number of terminal acetylenes is 1. The van der Waals surface area contributed by atoms with Crippen molar-refractivity contribution in [2.24, 2.45) is 0 Å². The molecule has 1 aliphatic rings. The fraction of sp³-hybridized carbons (Fsp3) is 0.812. The van der Waals surface area contributed by atoms with Crippen LogP contribution < -0.4 is 5.32 Å². The number of carbonyl (C=O) groups is 1. The van der Waals surface area contributed by atoms with Crippen molar-refractivity contribution in [2.75, 3.05) is 13.1 Å². The molecule has 0 saturated carbocycles. The van der Waals surface area contributed by atoms with E-state index in [1.807, 2.05) is 25.7 Å². The van der Waals surface area contributed by atoms with Crippen LogP contribution in [-0.4, -0.2) is 41.8 Å². The van der Waals surface area contributed by atoms with Crippen LogP contribution in [0.25, 0.3) is 0 Å². The lowest BCUT2D eigenvalue weighted by molar-refractivity contribution is 0.0256. The lowest BCUT2D eigenvalue weighted by Crippen LogP contribution is -2.39. The number of hydrogen-bond acceptors (Lipinski definition) is 3. The van der Waals surface area contributed by atoms with E-state index in [9.17, 15) is 4.79 Å². The van der Waals surface area contributed by atoms with Crippen LogP contribution in [0.3, 0.4) is 0 Å². The van der Waals surface area contributed by atoms with Crippen molar-refractivity contribution in [3.05, 3.63) is 0 Å². The van der Waals surface area contributed by atoms with Gasteiger partial charge < -0.3 is 15.0 Å². The first-order valence-corrected chi connectivity index (χ1v) is 7.55. The fourth-order valence-corrected chi connectivity index (χ4v) is 2.34. The van der Waals surface area contributed by atoms with Crippen LogP contribution >= 0.6 is 0 Å². The number of likely N-dealkylation sites (tertiary alicyclic amines) is 1. The highest BCUT2D eigenvalue weighted by Gasteiger charge is 2.25. The molecule has 1 N–H and O–H groups in total. The summed E-state index contributed by atoms with van der Waals surface area (Å²) in [4.78, 5) is 13.9. The summed E-state index contributed by atoms with van der Waals surface area (Å²) in [6.07, 6.45) is 9.18. The number of hydrogen-bond donors (Lipinski definition) is 1. The molecule has 0 aromatic rings. The Balaban J connectivity index is 2.47. The smallest absolute Gasteiger partial charge is 0.410 e. The summed E-state index contributed by atoms with van der Waals surface area (Å²) in [6.45, 7) is 9.26. The molecule has 1 amide bonds. The first-order valence-electron chi connectivity index (χ1n) is 7.55. The molecule has 1 fully saturated rings. The molecule has 0 spiro atoms. The maximum atomic E-state index is 12.1. The van der Waals surface area contributed by atoms with Crippen LogP contribution in [0.4, 0.5) is 4.79 Å². The van der Waals surface area contributed by atoms with Gasteiger partial charge in [-0.2, -0.15) is 0 Å². The summed E-state index contributed by atoms with van der Waals surface area (Å²) in [5, 5.41) is 3.49. The second-order valence-electron chi connectivity index (χ2n) is 6.39. The Morgan fingerprint density at radius 2 is 2.15 bits per heavy atom. The Bertz CT molecular complexity index is 354. The lowest BCUT2D eigenvalue weighted by atomic mass is 10.1. The van der Waals surface area contributed by atoms with E-state index < -0.39 is 5.60 Å². The average molecular weight is 280 g/mol. The van der Waals surface area contributed by atoms with Crippen LogP contribution in [-0.2, 0) is 4.74 Å². The van der Waals surface area contributed by atoms with Crippen molar-refractivity contribution in [1.82, 2.24) is 10.2 Å². The van der Waals surface area contributed by atoms with Gasteiger partial charge in [0.15, 0.2) is 0 Å². The Morgan fingerprint density at radius 1 is 1.45 bits per heavy atom. The van der Waals surface area contributed by atoms with Gasteiger partial charge in [0.2, 0.25) is 0 Å². The summed E-state index contributed by atoms with van der Waals surface area (Å²) in [6, 6.07) is 0.525. The standard InChI is InChI=1S/C16H28N2O2/c1-6-13(7-2)17-14-9-8-11-18(12-10-14)15(19)20-16(3,4)5/h1,13-14,17H,7-12H2,2-5H3. The van der Waals surface area contributed by atoms with Crippen molar-refractivity contribution in [2.45, 2.75) is 71.1 Å². The van der Waals surface area contributed by atoms with E-state index in [-0.39, 0.29) is 12.1 Å². The number of rotatable bonds is 3. The van der Waals surface area contributed by atoms with Gasteiger partial charge in [-0.3, -0.25) is 0 Å². The first-order chi connectivity index (χ1) is 9.35. The number of ether oxygens (including phenoxy) is 1. The number of nitrogens with zero attached hydrogens (tertiary/aromatic N) is 1. The zero-order valence-electron chi connectivity index (χ0n) is 13.2. The molecular formula is C16H28N2O2. The SMILES string of the molecule is C#CC(CC)NC1CCCN(C(=O)OC(C)(C)C)CC1. The van der Waals surface area contributed by atoms with Gasteiger partial charge in [0.1, 0.15) is 5.60 Å². The highest BCUT2D eigenvalue weighted by molar-refractivity contribution is 5.68. The van der Waals surface area contributed by atoms with Gasteiger partial charge in [0.25, 0.3) is 0 Å². The van der Waals surface area contributed by atoms with Crippen LogP contribution in [0.1, 0.15) is 53.4 Å². The van der Waals surface area contributed by atoms with E-state index >= 15 is 0 Å². The van der Waals surface area contributed by atoms with Crippen molar-refractivity contribution >= 4 is 6.09 Å². The van der Waals surface area contributed by atoms with Gasteiger partial charge in [-0.05, 0) is 46.5 Å². The fourth-order valence-electron chi connectivity index (χ4n) is 2.34. The third kappa shape index (κ3) is 5.83. The Hall–Kier alpha value is -1.21. The normalized spacial score (nSPS) is 21.8. The predicted octanol–water partition coefficient (Wildman–Crippen LogP) is 2.78. The van der Waals surface area contributed by atoms with Crippen LogP contribution in [0.5, 0.6) is 0 Å². The maximum Gasteiger partial charge on any atom is 0.410 e. The predicted molar refractivity (Wildman–Crippen MR) is 81.5 cm³/mol. The molecule has 0 aliphatic carbocycles. The zero-order valence-corrected chi connectivity index (χ0v) is 13.2. The van der Waals surface area contributed by atoms with Crippen molar-refractivity contribution in [3.8, 4) is 12.3 Å². The largest absolute Gasteiger partial charge is 0.444 e. The Morgan fingerprint density at radius 3 is 2.70 bits per heavy atom. The van der Waals surface area contributed by atoms with E-state index in [1.165, 1.54) is 0 Å². The summed E-state index contributed by atoms with van der Waals surface area (Å²) < 4.78 is 5.43. The molecule has 20 heavy (non-hydrogen) atoms. The minimum atomic E-state index is -0.433. The number of amides is 1. The molecule has 1 aliphatic heterocycles. The second kappa shape index (κ2) is 7.54. The van der Waals surface area contributed by atoms with Crippen molar-refractivity contribution in [1.29, 1.82) is 0 Å². The highest BCUT2D eigenvalue weighted by Crippen LogP contribution is 2.16. The molecule has 0 bridgehead atoms. The highest BCUT2D eigenvalue weighted by atomic mass is 16.6. The van der Waals surface area contributed by atoms with Crippen LogP contribution in [0.2, 0.25) is 0 Å². The summed E-state index contributed by atoms with van der Waals surface area (Å²) in [7, 11) is 0. The maximum absolute atomic E-state index is 12.1. The molecule has 4 nitrogen and oxygen atoms in total. The molecule has 1 saturated heterocycles. The van der Waals surface area contributed by atoms with Crippen molar-refractivity contribution in [3.63, 3.8) is 0 Å². The van der Waals surface area contributed by atoms with E-state index in [1.54, 1.807) is 0 Å². The Labute approximate surface area is 123 Å². The third-order valence-corrected chi connectivity index (χ3v) is 3.43. The monoisotopic (exact) mass is 280 g/mol. The first kappa shape index (κ1) is 16.8. The number of carbonyl (C=O) groups excluding carboxylic acids is 1. The third-order valence-electron chi connectivity index (χ3n) is 3.43. The molecular weight excluding hydrogens is 252 g/mol. The van der Waals surface area contributed by atoms with Gasteiger partial charge >= 0.3 is 6.09 Å². The van der Waals surface area contributed by atoms with Gasteiger partial charge in [-0.1, -0.05) is 12.8 Å². The molecule has 1 heterocycles. The molecule has 114 valence electrons. The average Bonchev–Trinajstić information content (AvgIpc) is 2.59. The summed E-state index contributed by atoms with van der Waals surface area (Å²) in [5.41, 5.74) is -0.433. The van der Waals surface area contributed by atoms with Crippen molar-refractivity contribution < 1.29 is 9.53 Å². The van der Waals surface area contributed by atoms with E-state index in [0.717, 1.165) is 38.8 Å². The second-order valence-corrected chi connectivity index (χ2v) is 6.39. The molecule has 0 aromatic carbocycles. The number of nitrogens with one attached hydrogen (secondary N) is 1. The topological polar surface area (TPSA) is 41.6 Å². The van der Waals surface area contributed by atoms with Gasteiger partial charge in [0, 0.05) is 19.1 Å². The lowest BCUT2D eigenvalue weighted by Gasteiger charge is -2.26. The van der Waals surface area contributed by atoms with Gasteiger partial charge in [-0.25, -0.2) is 4.79 Å². The quantitative estimate of drug-likeness (QED) is 0.808. The Kier molecular flexibility index (Phi) is 6.35. The summed E-state index contributed by atoms with van der Waals surface area (Å²) >= 11 is 0. The van der Waals surface area contributed by atoms with E-state index in [0.29, 0.717) is 6.04 Å². The minimum absolute atomic E-state index is 0.132.